The molecule has 17 heavy (non-hydrogen) atoms. The lowest BCUT2D eigenvalue weighted by Crippen LogP contribution is -2.18. The summed E-state index contributed by atoms with van der Waals surface area (Å²) in [5.74, 6) is 0. The van der Waals surface area contributed by atoms with Crippen LogP contribution in [0.1, 0.15) is 16.7 Å². The number of rotatable bonds is 2. The Balaban J connectivity index is 2.61. The van der Waals surface area contributed by atoms with Gasteiger partial charge < -0.3 is 0 Å². The van der Waals surface area contributed by atoms with E-state index in [4.69, 9.17) is 0 Å². The highest BCUT2D eigenvalue weighted by Gasteiger charge is 2.04. The molecule has 0 aliphatic carbocycles. The molecule has 0 saturated carbocycles. The molecule has 0 atom stereocenters. The van der Waals surface area contributed by atoms with Crippen LogP contribution in [0.2, 0.25) is 0 Å². The van der Waals surface area contributed by atoms with Crippen molar-refractivity contribution in [1.82, 2.24) is 4.57 Å². The molecular weight excluding hydrogens is 278 g/mol. The zero-order valence-corrected chi connectivity index (χ0v) is 11.5. The van der Waals surface area contributed by atoms with Gasteiger partial charge in [0.2, 0.25) is 0 Å². The van der Waals surface area contributed by atoms with Crippen molar-refractivity contribution in [2.24, 2.45) is 0 Å². The van der Waals surface area contributed by atoms with E-state index in [2.05, 4.69) is 15.9 Å². The molecule has 2 nitrogen and oxygen atoms in total. The van der Waals surface area contributed by atoms with E-state index >= 15 is 0 Å². The quantitative estimate of drug-likeness (QED) is 0.778. The summed E-state index contributed by atoms with van der Waals surface area (Å²) in [6.45, 7) is 4.04. The molecule has 2 rings (SSSR count). The molecule has 0 unspecified atom stereocenters. The number of aryl methyl sites for hydroxylation is 2. The maximum atomic E-state index is 12.0. The molecule has 0 bridgehead atoms. The maximum absolute atomic E-state index is 12.0. The van der Waals surface area contributed by atoms with Gasteiger partial charge in [-0.15, -0.1) is 0 Å². The van der Waals surface area contributed by atoms with Crippen LogP contribution in [-0.4, -0.2) is 4.57 Å². The van der Waals surface area contributed by atoms with Gasteiger partial charge in [0, 0.05) is 23.3 Å². The zero-order chi connectivity index (χ0) is 12.4. The molecule has 3 heteroatoms. The molecule has 0 fully saturated rings. The topological polar surface area (TPSA) is 22.0 Å². The van der Waals surface area contributed by atoms with Crippen LogP contribution >= 0.6 is 15.9 Å². The molecule has 1 heterocycles. The number of aromatic nitrogens is 1. The minimum atomic E-state index is 0.00986. The summed E-state index contributed by atoms with van der Waals surface area (Å²) in [5, 5.41) is 0.711. The van der Waals surface area contributed by atoms with Crippen LogP contribution in [0.15, 0.2) is 41.3 Å². The largest absolute Gasteiger partial charge is 0.284 e. The van der Waals surface area contributed by atoms with E-state index in [1.54, 1.807) is 10.6 Å². The van der Waals surface area contributed by atoms with Crippen LogP contribution in [0.3, 0.4) is 0 Å². The second-order valence-corrected chi connectivity index (χ2v) is 4.72. The Morgan fingerprint density at radius 3 is 2.65 bits per heavy atom. The van der Waals surface area contributed by atoms with Gasteiger partial charge in [-0.2, -0.15) is 0 Å². The Morgan fingerprint density at radius 2 is 2.00 bits per heavy atom. The summed E-state index contributed by atoms with van der Waals surface area (Å²) >= 11 is 3.39. The fourth-order valence-corrected chi connectivity index (χ4v) is 2.40. The molecule has 1 aromatic heterocycles. The van der Waals surface area contributed by atoms with E-state index in [9.17, 15) is 4.79 Å². The monoisotopic (exact) mass is 291 g/mol. The molecule has 88 valence electrons. The van der Waals surface area contributed by atoms with Gasteiger partial charge >= 0.3 is 0 Å². The molecule has 0 aliphatic heterocycles. The highest BCUT2D eigenvalue weighted by atomic mass is 79.9. The van der Waals surface area contributed by atoms with Gasteiger partial charge in [-0.25, -0.2) is 0 Å². The van der Waals surface area contributed by atoms with Crippen molar-refractivity contribution in [3.63, 3.8) is 0 Å². The predicted octanol–water partition coefficient (Wildman–Crippen LogP) is 3.35. The number of alkyl halides is 1. The Hall–Kier alpha value is -1.35. The molecule has 0 spiro atoms. The molecule has 0 aliphatic rings. The minimum absolute atomic E-state index is 0.00986. The van der Waals surface area contributed by atoms with Gasteiger partial charge in [0.05, 0.1) is 0 Å². The first-order valence-electron chi connectivity index (χ1n) is 5.47. The predicted molar refractivity (Wildman–Crippen MR) is 74.1 cm³/mol. The van der Waals surface area contributed by atoms with Crippen LogP contribution in [0.4, 0.5) is 0 Å². The Morgan fingerprint density at radius 1 is 1.24 bits per heavy atom. The fraction of sp³-hybridized carbons (Fsp3) is 0.214. The van der Waals surface area contributed by atoms with Crippen LogP contribution in [-0.2, 0) is 5.33 Å². The molecule has 2 aromatic rings. The number of halogens is 1. The third-order valence-corrected chi connectivity index (χ3v) is 3.39. The van der Waals surface area contributed by atoms with Gasteiger partial charge in [0.15, 0.2) is 0 Å². The van der Waals surface area contributed by atoms with E-state index in [1.807, 2.05) is 44.3 Å². The Kier molecular flexibility index (Phi) is 3.48. The first-order valence-corrected chi connectivity index (χ1v) is 6.59. The number of hydrogen-bond acceptors (Lipinski definition) is 1. The van der Waals surface area contributed by atoms with Gasteiger partial charge in [-0.1, -0.05) is 28.1 Å². The minimum Gasteiger partial charge on any atom is -0.284 e. The summed E-state index contributed by atoms with van der Waals surface area (Å²) in [5.41, 5.74) is 4.23. The van der Waals surface area contributed by atoms with Gasteiger partial charge in [-0.05, 0) is 42.7 Å². The smallest absolute Gasteiger partial charge is 0.255 e. The second kappa shape index (κ2) is 4.88. The van der Waals surface area contributed by atoms with Crippen LogP contribution in [0.5, 0.6) is 0 Å². The lowest BCUT2D eigenvalue weighted by atomic mass is 10.1. The van der Waals surface area contributed by atoms with E-state index in [-0.39, 0.29) is 5.56 Å². The molecule has 0 amide bonds. The first kappa shape index (κ1) is 12.1. The first-order chi connectivity index (χ1) is 8.11. The van der Waals surface area contributed by atoms with Crippen molar-refractivity contribution in [2.75, 3.05) is 0 Å². The Bertz CT molecular complexity index is 601. The lowest BCUT2D eigenvalue weighted by molar-refractivity contribution is 0.962. The number of benzene rings is 1. The van der Waals surface area contributed by atoms with Crippen molar-refractivity contribution >= 4 is 15.9 Å². The molecule has 0 N–H and O–H groups in total. The average molecular weight is 292 g/mol. The maximum Gasteiger partial charge on any atom is 0.255 e. The number of pyridine rings is 1. The Labute approximate surface area is 109 Å². The van der Waals surface area contributed by atoms with E-state index in [1.165, 1.54) is 0 Å². The van der Waals surface area contributed by atoms with E-state index in [0.29, 0.717) is 5.33 Å². The molecule has 1 aromatic carbocycles. The normalized spacial score (nSPS) is 10.5. The van der Waals surface area contributed by atoms with Crippen molar-refractivity contribution in [3.8, 4) is 5.69 Å². The molecule has 0 saturated heterocycles. The summed E-state index contributed by atoms with van der Waals surface area (Å²) in [4.78, 5) is 12.0. The van der Waals surface area contributed by atoms with Gasteiger partial charge in [-0.3, -0.25) is 9.36 Å². The second-order valence-electron chi connectivity index (χ2n) is 4.16. The van der Waals surface area contributed by atoms with Crippen molar-refractivity contribution < 1.29 is 0 Å². The third kappa shape index (κ3) is 2.50. The molecule has 0 radical (unpaired) electrons. The summed E-state index contributed by atoms with van der Waals surface area (Å²) < 4.78 is 1.69. The van der Waals surface area contributed by atoms with E-state index < -0.39 is 0 Å². The summed E-state index contributed by atoms with van der Waals surface area (Å²) in [6, 6.07) is 9.63. The van der Waals surface area contributed by atoms with Crippen LogP contribution < -0.4 is 5.56 Å². The highest BCUT2D eigenvalue weighted by molar-refractivity contribution is 9.08. The number of hydrogen-bond donors (Lipinski definition) is 0. The van der Waals surface area contributed by atoms with Gasteiger partial charge in [0.1, 0.15) is 0 Å². The van der Waals surface area contributed by atoms with Crippen molar-refractivity contribution in [3.05, 3.63) is 63.6 Å². The zero-order valence-electron chi connectivity index (χ0n) is 9.90. The SMILES string of the molecule is Cc1cccc(-n2cc(C)c(CBr)cc2=O)c1. The highest BCUT2D eigenvalue weighted by Crippen LogP contribution is 2.13. The van der Waals surface area contributed by atoms with E-state index in [0.717, 1.165) is 22.4 Å². The summed E-state index contributed by atoms with van der Waals surface area (Å²) in [6.07, 6.45) is 1.90. The van der Waals surface area contributed by atoms with Gasteiger partial charge in [0.25, 0.3) is 5.56 Å². The number of nitrogens with zero attached hydrogens (tertiary/aromatic N) is 1. The fourth-order valence-electron chi connectivity index (χ4n) is 1.80. The summed E-state index contributed by atoms with van der Waals surface area (Å²) in [7, 11) is 0. The van der Waals surface area contributed by atoms with Crippen LogP contribution in [0, 0.1) is 13.8 Å². The third-order valence-electron chi connectivity index (χ3n) is 2.79. The van der Waals surface area contributed by atoms with Crippen LogP contribution in [0.25, 0.3) is 5.69 Å². The lowest BCUT2D eigenvalue weighted by Gasteiger charge is -2.09. The van der Waals surface area contributed by atoms with Crippen molar-refractivity contribution in [1.29, 1.82) is 0 Å². The standard InChI is InChI=1S/C14H14BrNO/c1-10-4-3-5-13(6-10)16-9-11(2)12(8-15)7-14(16)17/h3-7,9H,8H2,1-2H3. The molecular formula is C14H14BrNO. The average Bonchev–Trinajstić information content (AvgIpc) is 2.31. The van der Waals surface area contributed by atoms with Crippen molar-refractivity contribution in [2.45, 2.75) is 19.2 Å².